The number of carbonyl (C=O) groups is 2. The highest BCUT2D eigenvalue weighted by Gasteiger charge is 2.13. The summed E-state index contributed by atoms with van der Waals surface area (Å²) in [5.41, 5.74) is 6.39. The number of amides is 1. The zero-order valence-corrected chi connectivity index (χ0v) is 17.8. The lowest BCUT2D eigenvalue weighted by Crippen LogP contribution is -2.18. The number of esters is 1. The van der Waals surface area contributed by atoms with E-state index in [9.17, 15) is 9.59 Å². The first-order valence-corrected chi connectivity index (χ1v) is 10.1. The van der Waals surface area contributed by atoms with E-state index in [1.54, 1.807) is 42.5 Å². The second-order valence-electron chi connectivity index (χ2n) is 6.89. The van der Waals surface area contributed by atoms with Gasteiger partial charge in [0.25, 0.3) is 5.91 Å². The van der Waals surface area contributed by atoms with Gasteiger partial charge in [0.2, 0.25) is 0 Å². The minimum absolute atomic E-state index is 0.360. The van der Waals surface area contributed by atoms with Crippen LogP contribution in [0.5, 0.6) is 0 Å². The molecule has 0 spiro atoms. The van der Waals surface area contributed by atoms with Gasteiger partial charge in [0.05, 0.1) is 35.7 Å². The van der Waals surface area contributed by atoms with Crippen molar-refractivity contribution in [3.8, 4) is 11.3 Å². The fourth-order valence-electron chi connectivity index (χ4n) is 3.18. The van der Waals surface area contributed by atoms with E-state index in [2.05, 4.69) is 20.2 Å². The molecule has 0 saturated heterocycles. The van der Waals surface area contributed by atoms with Crippen LogP contribution in [0.2, 0.25) is 5.02 Å². The molecule has 32 heavy (non-hydrogen) atoms. The molecule has 6 nitrogen and oxygen atoms in total. The number of hydrogen-bond donors (Lipinski definition) is 1. The van der Waals surface area contributed by atoms with Crippen molar-refractivity contribution in [1.29, 1.82) is 0 Å². The summed E-state index contributed by atoms with van der Waals surface area (Å²) in [6, 6.07) is 23.1. The summed E-state index contributed by atoms with van der Waals surface area (Å²) in [5.74, 6) is -0.774. The summed E-state index contributed by atoms with van der Waals surface area (Å²) in [6.45, 7) is 0. The molecule has 158 valence electrons. The normalized spacial score (nSPS) is 10.9. The van der Waals surface area contributed by atoms with Crippen LogP contribution < -0.4 is 5.43 Å². The van der Waals surface area contributed by atoms with E-state index in [-0.39, 0.29) is 5.91 Å². The quantitative estimate of drug-likeness (QED) is 0.264. The number of methoxy groups -OCH3 is 1. The van der Waals surface area contributed by atoms with Crippen LogP contribution in [0.4, 0.5) is 0 Å². The lowest BCUT2D eigenvalue weighted by molar-refractivity contribution is 0.0600. The number of halogens is 1. The minimum Gasteiger partial charge on any atom is -0.465 e. The Labute approximate surface area is 189 Å². The smallest absolute Gasteiger partial charge is 0.337 e. The monoisotopic (exact) mass is 443 g/mol. The van der Waals surface area contributed by atoms with Gasteiger partial charge in [-0.05, 0) is 42.0 Å². The van der Waals surface area contributed by atoms with Gasteiger partial charge in [-0.3, -0.25) is 4.79 Å². The number of nitrogens with zero attached hydrogens (tertiary/aromatic N) is 2. The van der Waals surface area contributed by atoms with E-state index in [1.807, 2.05) is 36.4 Å². The van der Waals surface area contributed by atoms with Crippen molar-refractivity contribution >= 4 is 40.6 Å². The largest absolute Gasteiger partial charge is 0.465 e. The van der Waals surface area contributed by atoms with E-state index in [4.69, 9.17) is 11.6 Å². The fourth-order valence-corrected chi connectivity index (χ4v) is 3.31. The highest BCUT2D eigenvalue weighted by molar-refractivity contribution is 6.30. The van der Waals surface area contributed by atoms with Crippen LogP contribution in [0.1, 0.15) is 26.3 Å². The Kier molecular flexibility index (Phi) is 6.24. The van der Waals surface area contributed by atoms with E-state index in [0.29, 0.717) is 27.4 Å². The van der Waals surface area contributed by atoms with Gasteiger partial charge in [0, 0.05) is 16.0 Å². The SMILES string of the molecule is COC(=O)c1ccc(C=NNC(=O)c2cc(-c3ccc(Cl)cc3)nc3ccccc23)cc1. The van der Waals surface area contributed by atoms with Gasteiger partial charge < -0.3 is 4.74 Å². The zero-order valence-electron chi connectivity index (χ0n) is 17.1. The molecule has 0 unspecified atom stereocenters. The van der Waals surface area contributed by atoms with Gasteiger partial charge in [0.1, 0.15) is 0 Å². The standard InChI is InChI=1S/C25H18ClN3O3/c1-32-25(31)18-8-6-16(7-9-18)15-27-29-24(30)21-14-23(17-10-12-19(26)13-11-17)28-22-5-3-2-4-20(21)22/h2-15H,1H3,(H,29,30). The van der Waals surface area contributed by atoms with Crippen LogP contribution >= 0.6 is 11.6 Å². The molecule has 7 heteroatoms. The van der Waals surface area contributed by atoms with Gasteiger partial charge in [0.15, 0.2) is 0 Å². The van der Waals surface area contributed by atoms with Crippen molar-refractivity contribution in [2.75, 3.05) is 7.11 Å². The summed E-state index contributed by atoms with van der Waals surface area (Å²) in [6.07, 6.45) is 1.50. The highest BCUT2D eigenvalue weighted by atomic mass is 35.5. The molecule has 0 fully saturated rings. The molecule has 3 aromatic carbocycles. The van der Waals surface area contributed by atoms with Crippen molar-refractivity contribution < 1.29 is 14.3 Å². The fraction of sp³-hybridized carbons (Fsp3) is 0.0400. The average Bonchev–Trinajstić information content (AvgIpc) is 2.83. The Bertz CT molecular complexity index is 1320. The van der Waals surface area contributed by atoms with Crippen LogP contribution in [0.15, 0.2) is 84.0 Å². The molecule has 1 heterocycles. The highest BCUT2D eigenvalue weighted by Crippen LogP contribution is 2.26. The average molecular weight is 444 g/mol. The Morgan fingerprint density at radius 2 is 1.72 bits per heavy atom. The summed E-state index contributed by atoms with van der Waals surface area (Å²) in [4.78, 5) is 29.1. The maximum absolute atomic E-state index is 12.9. The number of rotatable bonds is 5. The minimum atomic E-state index is -0.414. The molecule has 1 amide bonds. The first-order valence-electron chi connectivity index (χ1n) is 9.72. The molecular weight excluding hydrogens is 426 g/mol. The number of benzene rings is 3. The summed E-state index contributed by atoms with van der Waals surface area (Å²) in [5, 5.41) is 5.40. The second-order valence-corrected chi connectivity index (χ2v) is 7.33. The van der Waals surface area contributed by atoms with Crippen molar-refractivity contribution in [2.45, 2.75) is 0 Å². The second kappa shape index (κ2) is 9.41. The van der Waals surface area contributed by atoms with E-state index in [1.165, 1.54) is 13.3 Å². The Balaban J connectivity index is 1.59. The van der Waals surface area contributed by atoms with E-state index < -0.39 is 5.97 Å². The predicted molar refractivity (Wildman–Crippen MR) is 125 cm³/mol. The zero-order chi connectivity index (χ0) is 22.5. The molecule has 0 atom stereocenters. The number of hydrogen-bond acceptors (Lipinski definition) is 5. The summed E-state index contributed by atoms with van der Waals surface area (Å²) in [7, 11) is 1.33. The molecule has 0 aliphatic heterocycles. The molecule has 0 aliphatic carbocycles. The van der Waals surface area contributed by atoms with Crippen molar-refractivity contribution in [3.05, 3.63) is 101 Å². The maximum atomic E-state index is 12.9. The Morgan fingerprint density at radius 1 is 1.00 bits per heavy atom. The molecule has 1 aromatic heterocycles. The van der Waals surface area contributed by atoms with Crippen LogP contribution in [0.25, 0.3) is 22.2 Å². The van der Waals surface area contributed by atoms with E-state index in [0.717, 1.165) is 16.5 Å². The first kappa shape index (κ1) is 21.2. The third-order valence-electron chi connectivity index (χ3n) is 4.81. The first-order chi connectivity index (χ1) is 15.5. The van der Waals surface area contributed by atoms with Crippen LogP contribution in [-0.4, -0.2) is 30.2 Å². The Hall–Kier alpha value is -4.03. The van der Waals surface area contributed by atoms with Crippen molar-refractivity contribution in [1.82, 2.24) is 10.4 Å². The third kappa shape index (κ3) is 4.66. The van der Waals surface area contributed by atoms with Gasteiger partial charge >= 0.3 is 5.97 Å². The number of hydrazone groups is 1. The number of fused-ring (bicyclic) bond motifs is 1. The molecule has 0 radical (unpaired) electrons. The van der Waals surface area contributed by atoms with E-state index >= 15 is 0 Å². The lowest BCUT2D eigenvalue weighted by atomic mass is 10.0. The van der Waals surface area contributed by atoms with Crippen molar-refractivity contribution in [2.24, 2.45) is 5.10 Å². The van der Waals surface area contributed by atoms with Gasteiger partial charge in [-0.15, -0.1) is 0 Å². The van der Waals surface area contributed by atoms with Gasteiger partial charge in [-0.25, -0.2) is 15.2 Å². The topological polar surface area (TPSA) is 80.6 Å². The van der Waals surface area contributed by atoms with Crippen LogP contribution in [-0.2, 0) is 4.74 Å². The molecule has 0 bridgehead atoms. The van der Waals surface area contributed by atoms with Crippen LogP contribution in [0.3, 0.4) is 0 Å². The van der Waals surface area contributed by atoms with Gasteiger partial charge in [-0.1, -0.05) is 54.1 Å². The summed E-state index contributed by atoms with van der Waals surface area (Å²) >= 11 is 5.99. The number of carbonyl (C=O) groups excluding carboxylic acids is 2. The molecule has 0 saturated carbocycles. The molecule has 0 aliphatic rings. The number of nitrogens with one attached hydrogen (secondary N) is 1. The number of aromatic nitrogens is 1. The number of para-hydroxylation sites is 1. The number of pyridine rings is 1. The van der Waals surface area contributed by atoms with Gasteiger partial charge in [-0.2, -0.15) is 5.10 Å². The molecule has 1 N–H and O–H groups in total. The lowest BCUT2D eigenvalue weighted by Gasteiger charge is -2.09. The maximum Gasteiger partial charge on any atom is 0.337 e. The molecular formula is C25H18ClN3O3. The Morgan fingerprint density at radius 3 is 2.44 bits per heavy atom. The number of ether oxygens (including phenoxy) is 1. The third-order valence-corrected chi connectivity index (χ3v) is 5.06. The molecule has 4 aromatic rings. The predicted octanol–water partition coefficient (Wildman–Crippen LogP) is 5.11. The molecule has 4 rings (SSSR count). The summed E-state index contributed by atoms with van der Waals surface area (Å²) < 4.78 is 4.68. The van der Waals surface area contributed by atoms with Crippen LogP contribution in [0, 0.1) is 0 Å². The van der Waals surface area contributed by atoms with Crippen molar-refractivity contribution in [3.63, 3.8) is 0 Å².